The van der Waals surface area contributed by atoms with E-state index in [1.165, 1.54) is 126 Å². The van der Waals surface area contributed by atoms with Gasteiger partial charge in [0.2, 0.25) is 0 Å². The van der Waals surface area contributed by atoms with Gasteiger partial charge in [-0.15, -0.1) is 0 Å². The number of anilines is 1. The largest absolute Gasteiger partial charge is 0.379 e. The van der Waals surface area contributed by atoms with Crippen LogP contribution in [0.2, 0.25) is 0 Å². The maximum Gasteiger partial charge on any atom is 0.149 e. The Bertz CT molecular complexity index is 7840. The van der Waals surface area contributed by atoms with E-state index in [2.05, 4.69) is 305 Å². The smallest absolute Gasteiger partial charge is 0.149 e. The second-order valence-corrected chi connectivity index (χ2v) is 37.9. The summed E-state index contributed by atoms with van der Waals surface area (Å²) < 4.78 is 34.6. The van der Waals surface area contributed by atoms with Crippen LogP contribution in [0, 0.1) is 59.7 Å². The highest BCUT2D eigenvalue weighted by molar-refractivity contribution is 5.99. The number of pyridine rings is 8. The van der Waals surface area contributed by atoms with Crippen molar-refractivity contribution in [3.63, 3.8) is 0 Å². The predicted octanol–water partition coefficient (Wildman–Crippen LogP) is 25.5. The van der Waals surface area contributed by atoms with Gasteiger partial charge >= 0.3 is 0 Å². The Morgan fingerprint density at radius 3 is 1.17 bits per heavy atom. The second kappa shape index (κ2) is 37.5. The summed E-state index contributed by atoms with van der Waals surface area (Å²) in [6, 6.07) is 87.0. The first kappa shape index (κ1) is 87.1. The number of imidazole rings is 4. The monoisotopic (exact) mass is 1790 g/mol. The maximum absolute atomic E-state index is 14.7. The summed E-state index contributed by atoms with van der Waals surface area (Å²) >= 11 is 0. The number of aryl methyl sites for hydroxylation is 7. The number of halogens is 1. The minimum absolute atomic E-state index is 0.260. The lowest BCUT2D eigenvalue weighted by atomic mass is 9.63. The molecule has 25 rings (SSSR count). The molecule has 1 spiro atoms. The number of hydrogen-bond donors (Lipinski definition) is 3. The average molecular weight is 1790 g/mol. The second-order valence-electron chi connectivity index (χ2n) is 37.9. The van der Waals surface area contributed by atoms with Crippen LogP contribution in [-0.2, 0) is 9.47 Å². The molecule has 1 saturated carbocycles. The highest BCUT2D eigenvalue weighted by atomic mass is 19.1. The van der Waals surface area contributed by atoms with Crippen molar-refractivity contribution in [1.82, 2.24) is 73.4 Å². The van der Waals surface area contributed by atoms with Crippen molar-refractivity contribution in [1.29, 1.82) is 0 Å². The molecule has 5 aliphatic rings. The van der Waals surface area contributed by atoms with Crippen molar-refractivity contribution in [3.8, 4) is 89.5 Å². The van der Waals surface area contributed by atoms with Crippen molar-refractivity contribution in [2.24, 2.45) is 5.41 Å². The highest BCUT2D eigenvalue weighted by Gasteiger charge is 2.40. The van der Waals surface area contributed by atoms with Gasteiger partial charge in [-0.2, -0.15) is 0 Å². The predicted molar refractivity (Wildman–Crippen MR) is 549 cm³/mol. The number of fused-ring (bicyclic) bond motifs is 8. The van der Waals surface area contributed by atoms with Crippen LogP contribution in [0.3, 0.4) is 0 Å². The van der Waals surface area contributed by atoms with E-state index in [1.54, 1.807) is 6.07 Å². The number of ether oxygens (including phenoxy) is 2. The molecular weight excluding hydrogens is 1680 g/mol. The first-order chi connectivity index (χ1) is 66.5. The van der Waals surface area contributed by atoms with E-state index in [0.29, 0.717) is 17.0 Å². The van der Waals surface area contributed by atoms with Gasteiger partial charge in [-0.3, -0.25) is 37.5 Å². The van der Waals surface area contributed by atoms with E-state index < -0.39 is 0 Å². The molecule has 1 aliphatic carbocycles. The van der Waals surface area contributed by atoms with Gasteiger partial charge in [0, 0.05) is 129 Å². The van der Waals surface area contributed by atoms with E-state index in [4.69, 9.17) is 39.4 Å². The third-order valence-electron chi connectivity index (χ3n) is 28.4. The van der Waals surface area contributed by atoms with Gasteiger partial charge in [-0.05, 0) is 306 Å². The first-order valence-electron chi connectivity index (χ1n) is 48.2. The Balaban J connectivity index is 0.000000105. The summed E-state index contributed by atoms with van der Waals surface area (Å²) in [7, 11) is 0. The minimum Gasteiger partial charge on any atom is -0.379 e. The molecule has 8 aromatic carbocycles. The number of piperidine rings is 2. The molecule has 12 aromatic heterocycles. The van der Waals surface area contributed by atoms with Gasteiger partial charge in [0.15, 0.2) is 0 Å². The van der Waals surface area contributed by atoms with Gasteiger partial charge in [0.25, 0.3) is 0 Å². The Morgan fingerprint density at radius 2 is 0.728 bits per heavy atom. The maximum atomic E-state index is 14.7. The Labute approximate surface area is 791 Å². The Morgan fingerprint density at radius 1 is 0.331 bits per heavy atom. The van der Waals surface area contributed by atoms with Crippen LogP contribution in [0.25, 0.3) is 156 Å². The molecule has 3 N–H and O–H groups in total. The molecular formula is C117H111FN16O2. The van der Waals surface area contributed by atoms with Crippen LogP contribution in [0.4, 0.5) is 10.1 Å². The number of benzene rings is 8. The molecule has 3 unspecified atom stereocenters. The molecule has 3 atom stereocenters. The fraction of sp³-hybridized carbons (Fsp3) is 0.248. The van der Waals surface area contributed by atoms with E-state index in [0.717, 1.165) is 203 Å². The summed E-state index contributed by atoms with van der Waals surface area (Å²) in [4.78, 5) is 40.1. The number of nitrogens with one attached hydrogen (secondary N) is 3. The van der Waals surface area contributed by atoms with Gasteiger partial charge in [-0.25, -0.2) is 24.3 Å². The normalized spacial score (nSPS) is 16.7. The lowest BCUT2D eigenvalue weighted by Gasteiger charge is -2.48. The standard InChI is InChI=1S/C32H31FN4.C29H28N4O.C28H26N4O.C28H26N4/c1-21-16-27-26(18-22(2)35-31(27)28(33)17-21)29-20-34-30-19-24(8-13-37(29)30)23-4-6-25(7-5-23)36-14-11-32(12-15-36)9-3-10-32;1-19-4-9-26-24(14-19)25(15-20(2)32-26)28-17-31-29-16-23(10-12-33(28)29)21-5-7-22(8-6-21)27-18-34-13-3-11-30-27;1-18-3-8-25-23(13-18)24(14-19(2)31-25)27-16-30-28-15-22(9-11-32(27)28)20-4-6-21(7-5-20)26-17-33-12-10-29-26;1-19-16-24(23-6-2-3-8-26(23)31-19)27-18-30-28-17-22(13-15-32(27)28)20-9-11-21(12-10-20)25-7-4-5-14-29-25/h4-8,13,16-20H,3,9-12,14-15H2,1-2H3;4-10,12,14-17,27,30H,3,11,13,18H2,1-2H3;3-9,11,13-16,26,29H,10,12,17H2,1-2H3;2-3,6,8-13,15-18,25,29H,4-5,7,14H2,1H3. The third kappa shape index (κ3) is 17.8. The molecule has 5 fully saturated rings. The topological polar surface area (TPSA) is 179 Å². The molecule has 0 bridgehead atoms. The summed E-state index contributed by atoms with van der Waals surface area (Å²) in [5.74, 6) is -0.286. The SMILES string of the molecule is Cc1cc(-c2cnc3cc(-c4ccc(C5CCCCN5)cc4)ccn23)c2ccccc2n1.Cc1cc(F)c2nc(C)cc(-c3cnc4cc(-c5ccc(N6CCC7(CCC7)CC6)cc5)ccn34)c2c1.Cc1ccc2nc(C)cc(-c3cnc4cc(-c5ccc(C6COCCCN6)cc5)ccn34)c2c1.Cc1ccc2nc(C)cc(-c3cnc4cc(-c5ccc(C6COCCN6)cc5)ccn34)c2c1. The zero-order valence-corrected chi connectivity index (χ0v) is 78.2. The highest BCUT2D eigenvalue weighted by Crippen LogP contribution is 2.50. The fourth-order valence-electron chi connectivity index (χ4n) is 20.9. The zero-order valence-electron chi connectivity index (χ0n) is 78.2. The number of aromatic nitrogens is 12. The number of hydrogen-bond acceptors (Lipinski definition) is 14. The average Bonchev–Trinajstić information content (AvgIpc) is 1.50. The van der Waals surface area contributed by atoms with Crippen molar-refractivity contribution < 1.29 is 13.9 Å². The number of morpholine rings is 1. The van der Waals surface area contributed by atoms with Gasteiger partial charge < -0.3 is 30.3 Å². The molecule has 0 radical (unpaired) electrons. The molecule has 16 heterocycles. The van der Waals surface area contributed by atoms with E-state index in [1.807, 2.05) is 77.6 Å². The van der Waals surface area contributed by atoms with Crippen molar-refractivity contribution in [2.75, 3.05) is 64.1 Å². The summed E-state index contributed by atoms with van der Waals surface area (Å²) in [5, 5.41) is 15.0. The van der Waals surface area contributed by atoms with Crippen molar-refractivity contribution in [3.05, 3.63) is 354 Å². The van der Waals surface area contributed by atoms with Gasteiger partial charge in [0.1, 0.15) is 33.9 Å². The summed E-state index contributed by atoms with van der Waals surface area (Å²) in [6.45, 7) is 22.6. The molecule has 678 valence electrons. The number of rotatable bonds is 12. The van der Waals surface area contributed by atoms with Crippen LogP contribution in [-0.4, -0.2) is 117 Å². The van der Waals surface area contributed by atoms with Crippen LogP contribution in [0.1, 0.15) is 132 Å². The van der Waals surface area contributed by atoms with Crippen LogP contribution >= 0.6 is 0 Å². The molecule has 136 heavy (non-hydrogen) atoms. The molecule has 18 nitrogen and oxygen atoms in total. The molecule has 0 amide bonds. The molecule has 19 heteroatoms. The summed E-state index contributed by atoms with van der Waals surface area (Å²) in [6.07, 6.45) is 28.1. The fourth-order valence-corrected chi connectivity index (χ4v) is 20.9. The van der Waals surface area contributed by atoms with E-state index in [-0.39, 0.29) is 17.9 Å². The van der Waals surface area contributed by atoms with Crippen molar-refractivity contribution in [2.45, 2.75) is 124 Å². The quantitative estimate of drug-likeness (QED) is 0.105. The number of nitrogens with zero attached hydrogens (tertiary/aromatic N) is 13. The van der Waals surface area contributed by atoms with E-state index in [9.17, 15) is 4.39 Å². The van der Waals surface area contributed by atoms with Gasteiger partial charge in [0.05, 0.1) is 96.0 Å². The van der Waals surface area contributed by atoms with Crippen LogP contribution in [0.5, 0.6) is 0 Å². The molecule has 20 aromatic rings. The van der Waals surface area contributed by atoms with Crippen LogP contribution in [0.15, 0.2) is 292 Å². The number of para-hydroxylation sites is 1. The molecule has 4 aliphatic heterocycles. The van der Waals surface area contributed by atoms with E-state index >= 15 is 0 Å². The minimum atomic E-state index is -0.286. The lowest BCUT2D eigenvalue weighted by molar-refractivity contribution is 0.0769. The first-order valence-corrected chi connectivity index (χ1v) is 48.2. The molecule has 4 saturated heterocycles. The Kier molecular flexibility index (Phi) is 24.0. The third-order valence-corrected chi connectivity index (χ3v) is 28.4. The Hall–Kier alpha value is -14.3. The van der Waals surface area contributed by atoms with Gasteiger partial charge in [-0.1, -0.05) is 139 Å². The lowest BCUT2D eigenvalue weighted by Crippen LogP contribution is -2.43. The van der Waals surface area contributed by atoms with Crippen LogP contribution < -0.4 is 20.9 Å². The van der Waals surface area contributed by atoms with Crippen molar-refractivity contribution >= 4 is 71.9 Å². The summed E-state index contributed by atoms with van der Waals surface area (Å²) in [5.41, 5.74) is 38.2. The zero-order chi connectivity index (χ0) is 92.1.